The maximum atomic E-state index is 3.76. The minimum Gasteiger partial charge on any atom is -0.353 e. The molecule has 0 bridgehead atoms. The van der Waals surface area contributed by atoms with Crippen molar-refractivity contribution >= 4 is 32.8 Å². The number of para-hydroxylation sites is 1. The lowest BCUT2D eigenvalue weighted by molar-refractivity contribution is 1.19. The molecule has 0 saturated carbocycles. The van der Waals surface area contributed by atoms with Crippen molar-refractivity contribution in [2.75, 3.05) is 0 Å². The normalized spacial score (nSPS) is 11.5. The molecule has 0 fully saturated rings. The minimum absolute atomic E-state index is 1.16. The zero-order chi connectivity index (χ0) is 22.5. The molecule has 0 radical (unpaired) electrons. The van der Waals surface area contributed by atoms with Crippen molar-refractivity contribution in [2.45, 2.75) is 0 Å². The van der Waals surface area contributed by atoms with E-state index in [1.54, 1.807) is 0 Å². The summed E-state index contributed by atoms with van der Waals surface area (Å²) in [6.45, 7) is 0. The highest BCUT2D eigenvalue weighted by Gasteiger charge is 2.18. The molecule has 0 aliphatic carbocycles. The summed E-state index contributed by atoms with van der Waals surface area (Å²) in [7, 11) is 0. The number of nitrogens with zero attached hydrogens (tertiary/aromatic N) is 1. The maximum Gasteiger partial charge on any atom is 0.0797 e. The third-order valence-electron chi connectivity index (χ3n) is 6.73. The van der Waals surface area contributed by atoms with Crippen LogP contribution in [-0.4, -0.2) is 9.55 Å². The fourth-order valence-electron chi connectivity index (χ4n) is 5.12. The van der Waals surface area contributed by atoms with Crippen molar-refractivity contribution in [1.82, 2.24) is 9.55 Å². The lowest BCUT2D eigenvalue weighted by Gasteiger charge is -2.09. The van der Waals surface area contributed by atoms with Gasteiger partial charge in [0.15, 0.2) is 0 Å². The van der Waals surface area contributed by atoms with Crippen LogP contribution in [0.15, 0.2) is 127 Å². The first-order valence-corrected chi connectivity index (χ1v) is 11.6. The first kappa shape index (κ1) is 19.0. The van der Waals surface area contributed by atoms with Gasteiger partial charge in [0.25, 0.3) is 0 Å². The number of H-pyrrole nitrogens is 1. The molecule has 5 aromatic carbocycles. The van der Waals surface area contributed by atoms with Gasteiger partial charge in [-0.15, -0.1) is 0 Å². The van der Waals surface area contributed by atoms with E-state index in [9.17, 15) is 0 Å². The zero-order valence-corrected chi connectivity index (χ0v) is 18.6. The average Bonchev–Trinajstić information content (AvgIpc) is 3.43. The molecule has 1 N–H and O–H groups in total. The SMILES string of the molecule is c1ccc(-c2ccc3c(c2)[nH]c2c4ccc(-c5ccccc5)cc4n(-c4ccccc4)c32)cc1. The van der Waals surface area contributed by atoms with Gasteiger partial charge >= 0.3 is 0 Å². The summed E-state index contributed by atoms with van der Waals surface area (Å²) in [5.41, 5.74) is 10.8. The quantitative estimate of drug-likeness (QED) is 0.287. The lowest BCUT2D eigenvalue weighted by atomic mass is 10.0. The van der Waals surface area contributed by atoms with Gasteiger partial charge in [-0.1, -0.05) is 103 Å². The molecule has 2 heterocycles. The molecule has 0 aliphatic rings. The number of hydrogen-bond acceptors (Lipinski definition) is 0. The Morgan fingerprint density at radius 2 is 1.03 bits per heavy atom. The highest BCUT2D eigenvalue weighted by molar-refractivity contribution is 6.19. The van der Waals surface area contributed by atoms with Crippen LogP contribution >= 0.6 is 0 Å². The minimum atomic E-state index is 1.16. The maximum absolute atomic E-state index is 3.76. The van der Waals surface area contributed by atoms with E-state index >= 15 is 0 Å². The van der Waals surface area contributed by atoms with Gasteiger partial charge in [-0.05, 0) is 46.5 Å². The van der Waals surface area contributed by atoms with Gasteiger partial charge < -0.3 is 9.55 Å². The van der Waals surface area contributed by atoms with E-state index in [0.717, 1.165) is 5.52 Å². The van der Waals surface area contributed by atoms with Gasteiger partial charge in [0.1, 0.15) is 0 Å². The highest BCUT2D eigenvalue weighted by atomic mass is 15.0. The first-order chi connectivity index (χ1) is 16.9. The van der Waals surface area contributed by atoms with Crippen molar-refractivity contribution in [1.29, 1.82) is 0 Å². The number of rotatable bonds is 3. The van der Waals surface area contributed by atoms with Gasteiger partial charge in [0.2, 0.25) is 0 Å². The Bertz CT molecular complexity index is 1770. The molecular formula is C32H22N2. The Morgan fingerprint density at radius 3 is 1.68 bits per heavy atom. The molecule has 0 spiro atoms. The molecule has 2 aromatic heterocycles. The van der Waals surface area contributed by atoms with Crippen LogP contribution in [0, 0.1) is 0 Å². The largest absolute Gasteiger partial charge is 0.353 e. The number of benzene rings is 5. The molecule has 2 heteroatoms. The Morgan fingerprint density at radius 1 is 0.471 bits per heavy atom. The first-order valence-electron chi connectivity index (χ1n) is 11.6. The molecule has 2 nitrogen and oxygen atoms in total. The number of fused-ring (bicyclic) bond motifs is 5. The fraction of sp³-hybridized carbons (Fsp3) is 0. The molecule has 7 aromatic rings. The molecule has 0 saturated heterocycles. The summed E-state index contributed by atoms with van der Waals surface area (Å²) in [6.07, 6.45) is 0. The Balaban J connectivity index is 1.54. The second kappa shape index (κ2) is 7.50. The van der Waals surface area contributed by atoms with Crippen molar-refractivity contribution in [3.8, 4) is 27.9 Å². The second-order valence-electron chi connectivity index (χ2n) is 8.74. The number of aromatic amines is 1. The van der Waals surface area contributed by atoms with Crippen LogP contribution in [0.2, 0.25) is 0 Å². The summed E-state index contributed by atoms with van der Waals surface area (Å²) in [5, 5.41) is 2.46. The molecule has 160 valence electrons. The highest BCUT2D eigenvalue weighted by Crippen LogP contribution is 2.39. The molecule has 0 atom stereocenters. The smallest absolute Gasteiger partial charge is 0.0797 e. The Kier molecular flexibility index (Phi) is 4.18. The number of aromatic nitrogens is 2. The van der Waals surface area contributed by atoms with E-state index in [1.807, 2.05) is 0 Å². The van der Waals surface area contributed by atoms with Crippen molar-refractivity contribution < 1.29 is 0 Å². The van der Waals surface area contributed by atoms with E-state index in [2.05, 4.69) is 137 Å². The van der Waals surface area contributed by atoms with Crippen LogP contribution in [0.4, 0.5) is 0 Å². The average molecular weight is 435 g/mol. The van der Waals surface area contributed by atoms with Crippen molar-refractivity contribution in [3.63, 3.8) is 0 Å². The molecular weight excluding hydrogens is 412 g/mol. The van der Waals surface area contributed by atoms with Gasteiger partial charge in [-0.3, -0.25) is 0 Å². The Hall–Kier alpha value is -4.56. The molecule has 34 heavy (non-hydrogen) atoms. The second-order valence-corrected chi connectivity index (χ2v) is 8.74. The van der Waals surface area contributed by atoms with Crippen LogP contribution in [-0.2, 0) is 0 Å². The third-order valence-corrected chi connectivity index (χ3v) is 6.73. The van der Waals surface area contributed by atoms with Crippen LogP contribution in [0.5, 0.6) is 0 Å². The number of nitrogens with one attached hydrogen (secondary N) is 1. The predicted molar refractivity (Wildman–Crippen MR) is 144 cm³/mol. The predicted octanol–water partition coefficient (Wildman–Crippen LogP) is 8.60. The van der Waals surface area contributed by atoms with Crippen molar-refractivity contribution in [2.24, 2.45) is 0 Å². The third kappa shape index (κ3) is 2.89. The lowest BCUT2D eigenvalue weighted by Crippen LogP contribution is -1.93. The Labute approximate surface area is 197 Å². The standard InChI is InChI=1S/C32H22N2/c1-4-10-22(11-5-1)24-16-18-27-29(20-24)33-31-28-19-17-25(23-12-6-2-7-13-23)21-30(28)34(32(27)31)26-14-8-3-9-15-26/h1-21,33H. The van der Waals surface area contributed by atoms with Crippen LogP contribution in [0.1, 0.15) is 0 Å². The van der Waals surface area contributed by atoms with Crippen LogP contribution in [0.3, 0.4) is 0 Å². The van der Waals surface area contributed by atoms with E-state index < -0.39 is 0 Å². The molecule has 7 rings (SSSR count). The van der Waals surface area contributed by atoms with Gasteiger partial charge in [-0.2, -0.15) is 0 Å². The summed E-state index contributed by atoms with van der Waals surface area (Å²) in [6, 6.07) is 45.4. The molecule has 0 unspecified atom stereocenters. The van der Waals surface area contributed by atoms with Gasteiger partial charge in [0.05, 0.1) is 16.6 Å². The monoisotopic (exact) mass is 434 g/mol. The van der Waals surface area contributed by atoms with E-state index in [1.165, 1.54) is 55.3 Å². The zero-order valence-electron chi connectivity index (χ0n) is 18.6. The van der Waals surface area contributed by atoms with E-state index in [4.69, 9.17) is 0 Å². The summed E-state index contributed by atoms with van der Waals surface area (Å²) < 4.78 is 2.40. The summed E-state index contributed by atoms with van der Waals surface area (Å²) >= 11 is 0. The number of hydrogen-bond donors (Lipinski definition) is 1. The van der Waals surface area contributed by atoms with E-state index in [-0.39, 0.29) is 0 Å². The van der Waals surface area contributed by atoms with E-state index in [0.29, 0.717) is 0 Å². The summed E-state index contributed by atoms with van der Waals surface area (Å²) in [4.78, 5) is 3.76. The fourth-order valence-corrected chi connectivity index (χ4v) is 5.12. The van der Waals surface area contributed by atoms with Crippen LogP contribution in [0.25, 0.3) is 60.8 Å². The molecule has 0 amide bonds. The molecule has 0 aliphatic heterocycles. The topological polar surface area (TPSA) is 20.7 Å². The summed E-state index contributed by atoms with van der Waals surface area (Å²) in [5.74, 6) is 0. The van der Waals surface area contributed by atoms with Crippen LogP contribution < -0.4 is 0 Å². The van der Waals surface area contributed by atoms with Gasteiger partial charge in [0, 0.05) is 22.0 Å². The van der Waals surface area contributed by atoms with Gasteiger partial charge in [-0.25, -0.2) is 0 Å². The van der Waals surface area contributed by atoms with Crippen molar-refractivity contribution in [3.05, 3.63) is 127 Å².